The van der Waals surface area contributed by atoms with Crippen molar-refractivity contribution in [3.63, 3.8) is 0 Å². The first-order chi connectivity index (χ1) is 7.97. The molecule has 0 spiro atoms. The molecule has 0 fully saturated rings. The van der Waals surface area contributed by atoms with Gasteiger partial charge in [0.2, 0.25) is 0 Å². The summed E-state index contributed by atoms with van der Waals surface area (Å²) in [4.78, 5) is 22.1. The topological polar surface area (TPSA) is 56.5 Å². The predicted octanol–water partition coefficient (Wildman–Crippen LogP) is 2.79. The number of hydrogen-bond acceptors (Lipinski definition) is 4. The van der Waals surface area contributed by atoms with Crippen LogP contribution in [0.5, 0.6) is 5.75 Å². The molecule has 5 heteroatoms. The fourth-order valence-electron chi connectivity index (χ4n) is 1.55. The molecular formula is C12H9BrO4. The Balaban J connectivity index is 2.71. The molecule has 88 valence electrons. The minimum atomic E-state index is -0.431. The average molecular weight is 297 g/mol. The molecule has 0 atom stereocenters. The number of benzene rings is 1. The highest BCUT2D eigenvalue weighted by Crippen LogP contribution is 2.31. The van der Waals surface area contributed by atoms with Gasteiger partial charge >= 0.3 is 11.6 Å². The minimum Gasteiger partial charge on any atom is -0.425 e. The quantitative estimate of drug-likeness (QED) is 0.461. The Kier molecular flexibility index (Phi) is 3.02. The number of ether oxygens (including phenoxy) is 1. The summed E-state index contributed by atoms with van der Waals surface area (Å²) < 4.78 is 10.7. The molecule has 0 N–H and O–H groups in total. The van der Waals surface area contributed by atoms with Crippen LogP contribution in [0.25, 0.3) is 11.0 Å². The minimum absolute atomic E-state index is 0.332. The van der Waals surface area contributed by atoms with Crippen LogP contribution in [0, 0.1) is 6.92 Å². The summed E-state index contributed by atoms with van der Waals surface area (Å²) in [7, 11) is 0. The van der Waals surface area contributed by atoms with Gasteiger partial charge in [0.1, 0.15) is 11.3 Å². The summed E-state index contributed by atoms with van der Waals surface area (Å²) in [5.41, 5.74) is 0.784. The van der Waals surface area contributed by atoms with Crippen LogP contribution in [0.3, 0.4) is 0 Å². The number of esters is 1. The highest BCUT2D eigenvalue weighted by Gasteiger charge is 2.10. The fourth-order valence-corrected chi connectivity index (χ4v) is 1.98. The van der Waals surface area contributed by atoms with Gasteiger partial charge in [-0.2, -0.15) is 0 Å². The number of hydrogen-bond donors (Lipinski definition) is 0. The Morgan fingerprint density at radius 1 is 1.35 bits per heavy atom. The molecule has 2 rings (SSSR count). The summed E-state index contributed by atoms with van der Waals surface area (Å²) in [6, 6.07) is 4.70. The summed E-state index contributed by atoms with van der Waals surface area (Å²) in [6.07, 6.45) is 0. The van der Waals surface area contributed by atoms with Crippen molar-refractivity contribution in [1.29, 1.82) is 0 Å². The van der Waals surface area contributed by atoms with E-state index in [0.717, 1.165) is 10.9 Å². The van der Waals surface area contributed by atoms with Gasteiger partial charge in [0, 0.05) is 24.4 Å². The molecule has 0 bridgehead atoms. The summed E-state index contributed by atoms with van der Waals surface area (Å²) in [6.45, 7) is 3.13. The predicted molar refractivity (Wildman–Crippen MR) is 66.2 cm³/mol. The van der Waals surface area contributed by atoms with Gasteiger partial charge in [-0.1, -0.05) is 0 Å². The lowest BCUT2D eigenvalue weighted by Crippen LogP contribution is -2.03. The summed E-state index contributed by atoms with van der Waals surface area (Å²) >= 11 is 3.30. The number of fused-ring (bicyclic) bond motifs is 1. The molecule has 0 amide bonds. The third-order valence-corrected chi connectivity index (χ3v) is 2.88. The lowest BCUT2D eigenvalue weighted by molar-refractivity contribution is -0.131. The van der Waals surface area contributed by atoms with Crippen molar-refractivity contribution in [2.24, 2.45) is 0 Å². The molecule has 1 aromatic heterocycles. The maximum atomic E-state index is 11.2. The first-order valence-electron chi connectivity index (χ1n) is 4.90. The van der Waals surface area contributed by atoms with Gasteiger partial charge in [-0.05, 0) is 34.5 Å². The highest BCUT2D eigenvalue weighted by molar-refractivity contribution is 9.10. The van der Waals surface area contributed by atoms with Gasteiger partial charge in [-0.3, -0.25) is 4.79 Å². The molecule has 1 aromatic carbocycles. The van der Waals surface area contributed by atoms with E-state index in [0.29, 0.717) is 15.8 Å². The summed E-state index contributed by atoms with van der Waals surface area (Å²) in [5.74, 6) is -0.0983. The Bertz CT molecular complexity index is 657. The van der Waals surface area contributed by atoms with E-state index in [2.05, 4.69) is 15.9 Å². The number of carbonyl (C=O) groups is 1. The molecule has 1 heterocycles. The second kappa shape index (κ2) is 4.33. The van der Waals surface area contributed by atoms with E-state index < -0.39 is 11.6 Å². The van der Waals surface area contributed by atoms with Crippen molar-refractivity contribution in [1.82, 2.24) is 0 Å². The monoisotopic (exact) mass is 296 g/mol. The van der Waals surface area contributed by atoms with Gasteiger partial charge in [-0.25, -0.2) is 4.79 Å². The number of rotatable bonds is 1. The lowest BCUT2D eigenvalue weighted by atomic mass is 10.1. The number of carbonyl (C=O) groups excluding carboxylic acids is 1. The van der Waals surface area contributed by atoms with Crippen molar-refractivity contribution >= 4 is 32.9 Å². The van der Waals surface area contributed by atoms with Crippen molar-refractivity contribution in [2.75, 3.05) is 0 Å². The van der Waals surface area contributed by atoms with E-state index in [1.807, 2.05) is 6.92 Å². The normalized spacial score (nSPS) is 10.5. The average Bonchev–Trinajstić information content (AvgIpc) is 2.20. The van der Waals surface area contributed by atoms with Gasteiger partial charge in [0.25, 0.3) is 0 Å². The zero-order valence-electron chi connectivity index (χ0n) is 9.24. The summed E-state index contributed by atoms with van der Waals surface area (Å²) in [5, 5.41) is 0.798. The van der Waals surface area contributed by atoms with Crippen LogP contribution in [0.2, 0.25) is 0 Å². The molecule has 0 aliphatic rings. The largest absolute Gasteiger partial charge is 0.425 e. The molecule has 0 saturated carbocycles. The van der Waals surface area contributed by atoms with E-state index in [-0.39, 0.29) is 0 Å². The van der Waals surface area contributed by atoms with E-state index >= 15 is 0 Å². The van der Waals surface area contributed by atoms with Crippen LogP contribution >= 0.6 is 15.9 Å². The highest BCUT2D eigenvalue weighted by atomic mass is 79.9. The number of halogens is 1. The third kappa shape index (κ3) is 2.39. The second-order valence-electron chi connectivity index (χ2n) is 3.62. The Morgan fingerprint density at radius 3 is 2.71 bits per heavy atom. The van der Waals surface area contributed by atoms with Crippen molar-refractivity contribution in [3.8, 4) is 5.75 Å². The smallest absolute Gasteiger partial charge is 0.336 e. The zero-order chi connectivity index (χ0) is 12.6. The maximum Gasteiger partial charge on any atom is 0.336 e. The Hall–Kier alpha value is -1.62. The first-order valence-corrected chi connectivity index (χ1v) is 5.69. The molecule has 0 radical (unpaired) electrons. The van der Waals surface area contributed by atoms with E-state index in [1.165, 1.54) is 19.1 Å². The van der Waals surface area contributed by atoms with Gasteiger partial charge in [0.15, 0.2) is 0 Å². The number of aryl methyl sites for hydroxylation is 1. The van der Waals surface area contributed by atoms with E-state index in [9.17, 15) is 9.59 Å². The molecule has 0 aliphatic carbocycles. The second-order valence-corrected chi connectivity index (χ2v) is 4.48. The molecule has 17 heavy (non-hydrogen) atoms. The lowest BCUT2D eigenvalue weighted by Gasteiger charge is -2.06. The van der Waals surface area contributed by atoms with E-state index in [4.69, 9.17) is 9.15 Å². The fraction of sp³-hybridized carbons (Fsp3) is 0.167. The van der Waals surface area contributed by atoms with Crippen molar-refractivity contribution < 1.29 is 13.9 Å². The molecule has 2 aromatic rings. The Morgan fingerprint density at radius 2 is 2.06 bits per heavy atom. The molecule has 4 nitrogen and oxygen atoms in total. The third-order valence-electron chi connectivity index (χ3n) is 2.26. The standard InChI is InChI=1S/C12H9BrO4/c1-6-3-12(15)17-10-5-11(16-7(2)14)9(13)4-8(6)10/h3-5H,1-2H3. The van der Waals surface area contributed by atoms with Crippen molar-refractivity contribution in [3.05, 3.63) is 38.7 Å². The molecule has 0 unspecified atom stereocenters. The SMILES string of the molecule is CC(=O)Oc1cc2oc(=O)cc(C)c2cc1Br. The van der Waals surface area contributed by atoms with Crippen LogP contribution in [0.4, 0.5) is 0 Å². The van der Waals surface area contributed by atoms with Gasteiger partial charge in [0.05, 0.1) is 4.47 Å². The van der Waals surface area contributed by atoms with Gasteiger partial charge in [-0.15, -0.1) is 0 Å². The van der Waals surface area contributed by atoms with Crippen LogP contribution in [0.1, 0.15) is 12.5 Å². The van der Waals surface area contributed by atoms with Crippen LogP contribution in [-0.4, -0.2) is 5.97 Å². The molecule has 0 aliphatic heterocycles. The van der Waals surface area contributed by atoms with Gasteiger partial charge < -0.3 is 9.15 Å². The molecule has 0 saturated heterocycles. The van der Waals surface area contributed by atoms with E-state index in [1.54, 1.807) is 6.07 Å². The molecular weight excluding hydrogens is 288 g/mol. The van der Waals surface area contributed by atoms with Crippen LogP contribution in [0.15, 0.2) is 31.9 Å². The van der Waals surface area contributed by atoms with Crippen molar-refractivity contribution in [2.45, 2.75) is 13.8 Å². The zero-order valence-corrected chi connectivity index (χ0v) is 10.8. The Labute approximate surface area is 105 Å². The van der Waals surface area contributed by atoms with Crippen LogP contribution in [-0.2, 0) is 4.79 Å². The maximum absolute atomic E-state index is 11.2. The van der Waals surface area contributed by atoms with Crippen LogP contribution < -0.4 is 10.4 Å². The first kappa shape index (κ1) is 11.9.